The molecule has 1 aromatic carbocycles. The molecule has 0 amide bonds. The number of H-pyrrole nitrogens is 1. The normalized spacial score (nSPS) is 21.7. The molecule has 0 fully saturated rings. The van der Waals surface area contributed by atoms with E-state index in [9.17, 15) is 0 Å². The number of hydrogen-bond donors (Lipinski definition) is 1. The zero-order chi connectivity index (χ0) is 15.0. The van der Waals surface area contributed by atoms with Gasteiger partial charge in [0, 0.05) is 15.4 Å². The van der Waals surface area contributed by atoms with Gasteiger partial charge in [-0.05, 0) is 48.9 Å². The van der Waals surface area contributed by atoms with E-state index in [2.05, 4.69) is 53.8 Å². The third-order valence-corrected chi connectivity index (χ3v) is 5.31. The number of aromatic nitrogens is 1. The Labute approximate surface area is 135 Å². The molecule has 1 N–H and O–H groups in total. The highest BCUT2D eigenvalue weighted by molar-refractivity contribution is 9.10. The summed E-state index contributed by atoms with van der Waals surface area (Å²) in [5.41, 5.74) is 5.39. The molecule has 0 bridgehead atoms. The minimum Gasteiger partial charge on any atom is -0.368 e. The van der Waals surface area contributed by atoms with Gasteiger partial charge in [-0.3, -0.25) is 0 Å². The molecule has 2 nitrogen and oxygen atoms in total. The number of hydrogen-bond acceptors (Lipinski definition) is 1. The summed E-state index contributed by atoms with van der Waals surface area (Å²) in [5.74, 6) is 0. The van der Waals surface area contributed by atoms with Gasteiger partial charge < -0.3 is 9.72 Å². The maximum absolute atomic E-state index is 6.27. The smallest absolute Gasteiger partial charge is 0.108 e. The Morgan fingerprint density at radius 3 is 2.76 bits per heavy atom. The van der Waals surface area contributed by atoms with Gasteiger partial charge in [-0.1, -0.05) is 43.1 Å². The highest BCUT2D eigenvalue weighted by Gasteiger charge is 2.38. The van der Waals surface area contributed by atoms with Gasteiger partial charge in [-0.25, -0.2) is 0 Å². The van der Waals surface area contributed by atoms with Crippen molar-refractivity contribution in [1.82, 2.24) is 4.98 Å². The number of rotatable bonds is 4. The van der Waals surface area contributed by atoms with E-state index < -0.39 is 0 Å². The van der Waals surface area contributed by atoms with Gasteiger partial charge in [0.05, 0.1) is 12.3 Å². The Morgan fingerprint density at radius 1 is 1.29 bits per heavy atom. The van der Waals surface area contributed by atoms with E-state index in [0.29, 0.717) is 0 Å². The van der Waals surface area contributed by atoms with Crippen molar-refractivity contribution in [2.24, 2.45) is 0 Å². The molecule has 1 unspecified atom stereocenters. The molecular weight excluding hydrogens is 326 g/mol. The fourth-order valence-corrected chi connectivity index (χ4v) is 4.29. The monoisotopic (exact) mass is 349 g/mol. The summed E-state index contributed by atoms with van der Waals surface area (Å²) in [7, 11) is 0. The first-order valence-corrected chi connectivity index (χ1v) is 8.92. The predicted octanol–water partition coefficient (Wildman–Crippen LogP) is 5.47. The van der Waals surface area contributed by atoms with E-state index in [1.807, 2.05) is 0 Å². The van der Waals surface area contributed by atoms with Crippen molar-refractivity contribution in [3.63, 3.8) is 0 Å². The van der Waals surface area contributed by atoms with Gasteiger partial charge in [0.25, 0.3) is 0 Å². The van der Waals surface area contributed by atoms with Crippen LogP contribution in [0.2, 0.25) is 0 Å². The third-order valence-electron chi connectivity index (χ3n) is 4.85. The molecule has 0 saturated heterocycles. The van der Waals surface area contributed by atoms with Crippen LogP contribution in [0, 0.1) is 0 Å². The van der Waals surface area contributed by atoms with Crippen LogP contribution in [0.3, 0.4) is 0 Å². The molecule has 0 aliphatic carbocycles. The standard InChI is InChI=1S/C18H24BrNO/c1-4-8-18(6-3)17-14(7-9-21-18)15-11-13(19)10-12(5-2)16(15)20-17/h10-11,20H,4-9H2,1-3H3. The van der Waals surface area contributed by atoms with Crippen LogP contribution in [-0.2, 0) is 23.2 Å². The van der Waals surface area contributed by atoms with Crippen molar-refractivity contribution < 1.29 is 4.74 Å². The summed E-state index contributed by atoms with van der Waals surface area (Å²) in [6, 6.07) is 4.50. The molecule has 1 aliphatic heterocycles. The summed E-state index contributed by atoms with van der Waals surface area (Å²) in [4.78, 5) is 3.74. The largest absolute Gasteiger partial charge is 0.368 e. The van der Waals surface area contributed by atoms with Gasteiger partial charge in [0.1, 0.15) is 5.60 Å². The Bertz CT molecular complexity index is 661. The van der Waals surface area contributed by atoms with E-state index in [1.165, 1.54) is 32.2 Å². The molecule has 0 radical (unpaired) electrons. The van der Waals surface area contributed by atoms with Crippen molar-refractivity contribution in [1.29, 1.82) is 0 Å². The predicted molar refractivity (Wildman–Crippen MR) is 91.9 cm³/mol. The Balaban J connectivity index is 2.27. The second kappa shape index (κ2) is 5.77. The minimum atomic E-state index is -0.112. The first kappa shape index (κ1) is 15.1. The van der Waals surface area contributed by atoms with Crippen LogP contribution in [0.25, 0.3) is 10.9 Å². The van der Waals surface area contributed by atoms with E-state index in [4.69, 9.17) is 4.74 Å². The fraction of sp³-hybridized carbons (Fsp3) is 0.556. The molecule has 1 atom stereocenters. The van der Waals surface area contributed by atoms with Gasteiger partial charge in [0.15, 0.2) is 0 Å². The lowest BCUT2D eigenvalue weighted by Crippen LogP contribution is -2.35. The molecule has 21 heavy (non-hydrogen) atoms. The van der Waals surface area contributed by atoms with Crippen LogP contribution >= 0.6 is 15.9 Å². The average Bonchev–Trinajstić information content (AvgIpc) is 2.87. The lowest BCUT2D eigenvalue weighted by molar-refractivity contribution is -0.0723. The molecule has 3 rings (SSSR count). The van der Waals surface area contributed by atoms with Crippen molar-refractivity contribution in [2.45, 2.75) is 58.5 Å². The Kier molecular flexibility index (Phi) is 4.15. The molecule has 0 spiro atoms. The zero-order valence-corrected chi connectivity index (χ0v) is 14.8. The van der Waals surface area contributed by atoms with Crippen LogP contribution in [0.4, 0.5) is 0 Å². The maximum atomic E-state index is 6.27. The summed E-state index contributed by atoms with van der Waals surface area (Å²) >= 11 is 3.67. The first-order chi connectivity index (χ1) is 10.1. The van der Waals surface area contributed by atoms with Crippen LogP contribution in [-0.4, -0.2) is 11.6 Å². The lowest BCUT2D eigenvalue weighted by Gasteiger charge is -2.36. The van der Waals surface area contributed by atoms with E-state index in [-0.39, 0.29) is 5.60 Å². The SMILES string of the molecule is CCCC1(CC)OCCc2c1[nH]c1c(CC)cc(Br)cc21. The van der Waals surface area contributed by atoms with Crippen LogP contribution in [0.5, 0.6) is 0 Å². The minimum absolute atomic E-state index is 0.112. The average molecular weight is 350 g/mol. The van der Waals surface area contributed by atoms with Gasteiger partial charge in [-0.2, -0.15) is 0 Å². The topological polar surface area (TPSA) is 25.0 Å². The number of fused-ring (bicyclic) bond motifs is 3. The van der Waals surface area contributed by atoms with Gasteiger partial charge in [-0.15, -0.1) is 0 Å². The lowest BCUT2D eigenvalue weighted by atomic mass is 9.85. The third kappa shape index (κ3) is 2.35. The Hall–Kier alpha value is -0.800. The molecular formula is C18H24BrNO. The molecule has 1 aliphatic rings. The number of benzene rings is 1. The van der Waals surface area contributed by atoms with Crippen molar-refractivity contribution in [3.8, 4) is 0 Å². The number of nitrogens with one attached hydrogen (secondary N) is 1. The zero-order valence-electron chi connectivity index (χ0n) is 13.2. The molecule has 2 aromatic rings. The van der Waals surface area contributed by atoms with Crippen molar-refractivity contribution in [2.75, 3.05) is 6.61 Å². The van der Waals surface area contributed by atoms with Gasteiger partial charge in [0.2, 0.25) is 0 Å². The van der Waals surface area contributed by atoms with Crippen LogP contribution in [0.15, 0.2) is 16.6 Å². The quantitative estimate of drug-likeness (QED) is 0.777. The summed E-state index contributed by atoms with van der Waals surface area (Å²) in [6.07, 6.45) is 5.33. The van der Waals surface area contributed by atoms with Gasteiger partial charge >= 0.3 is 0 Å². The molecule has 0 saturated carbocycles. The van der Waals surface area contributed by atoms with Crippen LogP contribution < -0.4 is 0 Å². The van der Waals surface area contributed by atoms with Crippen molar-refractivity contribution >= 4 is 26.8 Å². The fourth-order valence-electron chi connectivity index (χ4n) is 3.79. The number of aryl methyl sites for hydroxylation is 1. The molecule has 1 aromatic heterocycles. The summed E-state index contributed by atoms with van der Waals surface area (Å²) in [6.45, 7) is 7.54. The molecule has 114 valence electrons. The van der Waals surface area contributed by atoms with Crippen molar-refractivity contribution in [3.05, 3.63) is 33.4 Å². The number of ether oxygens (including phenoxy) is 1. The van der Waals surface area contributed by atoms with E-state index >= 15 is 0 Å². The summed E-state index contributed by atoms with van der Waals surface area (Å²) in [5, 5.41) is 1.38. The number of aromatic amines is 1. The van der Waals surface area contributed by atoms with E-state index in [1.54, 1.807) is 0 Å². The molecule has 3 heteroatoms. The highest BCUT2D eigenvalue weighted by atomic mass is 79.9. The highest BCUT2D eigenvalue weighted by Crippen LogP contribution is 2.43. The van der Waals surface area contributed by atoms with E-state index in [0.717, 1.165) is 38.7 Å². The number of halogens is 1. The second-order valence-corrected chi connectivity index (χ2v) is 6.93. The molecule has 2 heterocycles. The summed E-state index contributed by atoms with van der Waals surface area (Å²) < 4.78 is 7.45. The maximum Gasteiger partial charge on any atom is 0.108 e. The Morgan fingerprint density at radius 2 is 2.10 bits per heavy atom. The second-order valence-electron chi connectivity index (χ2n) is 6.02. The van der Waals surface area contributed by atoms with Crippen LogP contribution in [0.1, 0.15) is 56.9 Å². The first-order valence-electron chi connectivity index (χ1n) is 8.12.